The van der Waals surface area contributed by atoms with Gasteiger partial charge in [-0.2, -0.15) is 0 Å². The lowest BCUT2D eigenvalue weighted by atomic mass is 9.75. The molecule has 0 saturated heterocycles. The quantitative estimate of drug-likeness (QED) is 0.438. The van der Waals surface area contributed by atoms with Gasteiger partial charge in [0.1, 0.15) is 0 Å². The molecule has 0 unspecified atom stereocenters. The summed E-state index contributed by atoms with van der Waals surface area (Å²) in [6.45, 7) is 8.38. The molecule has 0 aromatic rings. The van der Waals surface area contributed by atoms with Gasteiger partial charge in [-0.1, -0.05) is 39.5 Å². The molecule has 0 aromatic carbocycles. The smallest absolute Gasteiger partial charge is 0.323 e. The van der Waals surface area contributed by atoms with Crippen molar-refractivity contribution in [2.45, 2.75) is 79.1 Å². The fourth-order valence-corrected chi connectivity index (χ4v) is 3.44. The zero-order chi connectivity index (χ0) is 17.3. The van der Waals surface area contributed by atoms with Crippen molar-refractivity contribution >= 4 is 11.9 Å². The van der Waals surface area contributed by atoms with E-state index in [9.17, 15) is 9.59 Å². The topological polar surface area (TPSA) is 52.6 Å². The number of carbonyl (C=O) groups excluding carboxylic acids is 2. The van der Waals surface area contributed by atoms with Crippen LogP contribution in [0.2, 0.25) is 0 Å². The Hall–Kier alpha value is -1.06. The van der Waals surface area contributed by atoms with Crippen LogP contribution in [0.4, 0.5) is 0 Å². The highest BCUT2D eigenvalue weighted by atomic mass is 16.6. The van der Waals surface area contributed by atoms with Crippen molar-refractivity contribution in [1.29, 1.82) is 0 Å². The Labute approximate surface area is 141 Å². The molecule has 0 aromatic heterocycles. The minimum Gasteiger partial charge on any atom is -0.465 e. The van der Waals surface area contributed by atoms with E-state index in [4.69, 9.17) is 9.47 Å². The predicted molar refractivity (Wildman–Crippen MR) is 91.0 cm³/mol. The van der Waals surface area contributed by atoms with Gasteiger partial charge in [0, 0.05) is 0 Å². The molecule has 0 heterocycles. The average molecular weight is 326 g/mol. The summed E-state index contributed by atoms with van der Waals surface area (Å²) in [5.74, 6) is 0.288. The average Bonchev–Trinajstić information content (AvgIpc) is 3.01. The van der Waals surface area contributed by atoms with E-state index >= 15 is 0 Å². The summed E-state index contributed by atoms with van der Waals surface area (Å²) in [6, 6.07) is 0. The first kappa shape index (κ1) is 20.0. The molecule has 0 amide bonds. The Morgan fingerprint density at radius 2 is 1.52 bits per heavy atom. The third-order valence-electron chi connectivity index (χ3n) is 4.93. The van der Waals surface area contributed by atoms with Crippen LogP contribution in [0.15, 0.2) is 0 Å². The maximum Gasteiger partial charge on any atom is 0.323 e. The molecule has 0 radical (unpaired) electrons. The third-order valence-corrected chi connectivity index (χ3v) is 4.93. The van der Waals surface area contributed by atoms with E-state index < -0.39 is 17.4 Å². The SMILES string of the molecule is CCOC(=O)C(CCC(C)C)(CCC1CCCC1)C(=O)OCC. The lowest BCUT2D eigenvalue weighted by Gasteiger charge is -2.30. The molecule has 1 aliphatic carbocycles. The zero-order valence-electron chi connectivity index (χ0n) is 15.4. The predicted octanol–water partition coefficient (Wildman–Crippen LogP) is 4.51. The zero-order valence-corrected chi connectivity index (χ0v) is 15.4. The monoisotopic (exact) mass is 326 g/mol. The highest BCUT2D eigenvalue weighted by molar-refractivity contribution is 6.00. The molecule has 1 fully saturated rings. The van der Waals surface area contributed by atoms with Crippen molar-refractivity contribution in [2.75, 3.05) is 13.2 Å². The summed E-state index contributed by atoms with van der Waals surface area (Å²) in [7, 11) is 0. The summed E-state index contributed by atoms with van der Waals surface area (Å²) in [4.78, 5) is 25.4. The number of ether oxygens (including phenoxy) is 2. The number of hydrogen-bond donors (Lipinski definition) is 0. The molecular formula is C19H34O4. The number of esters is 2. The Kier molecular flexibility index (Phi) is 8.64. The van der Waals surface area contributed by atoms with E-state index in [2.05, 4.69) is 13.8 Å². The second-order valence-electron chi connectivity index (χ2n) is 7.14. The molecule has 1 aliphatic rings. The molecule has 23 heavy (non-hydrogen) atoms. The van der Waals surface area contributed by atoms with Crippen molar-refractivity contribution in [2.24, 2.45) is 17.3 Å². The van der Waals surface area contributed by atoms with Gasteiger partial charge in [0.15, 0.2) is 5.41 Å². The van der Waals surface area contributed by atoms with E-state index in [0.717, 1.165) is 12.8 Å². The highest BCUT2D eigenvalue weighted by Gasteiger charge is 2.48. The molecule has 0 spiro atoms. The maximum atomic E-state index is 12.7. The summed E-state index contributed by atoms with van der Waals surface area (Å²) in [6.07, 6.45) is 7.78. The van der Waals surface area contributed by atoms with Crippen LogP contribution in [0.5, 0.6) is 0 Å². The van der Waals surface area contributed by atoms with Gasteiger partial charge in [0.25, 0.3) is 0 Å². The summed E-state index contributed by atoms with van der Waals surface area (Å²) in [5, 5.41) is 0. The molecule has 1 saturated carbocycles. The second kappa shape index (κ2) is 9.94. The summed E-state index contributed by atoms with van der Waals surface area (Å²) < 4.78 is 10.6. The van der Waals surface area contributed by atoms with Crippen LogP contribution in [-0.2, 0) is 19.1 Å². The first-order valence-corrected chi connectivity index (χ1v) is 9.30. The summed E-state index contributed by atoms with van der Waals surface area (Å²) >= 11 is 0. The van der Waals surface area contributed by atoms with Crippen LogP contribution >= 0.6 is 0 Å². The molecule has 4 nitrogen and oxygen atoms in total. The van der Waals surface area contributed by atoms with Crippen LogP contribution in [0.3, 0.4) is 0 Å². The number of hydrogen-bond acceptors (Lipinski definition) is 4. The van der Waals surface area contributed by atoms with E-state index in [-0.39, 0.29) is 0 Å². The molecule has 134 valence electrons. The van der Waals surface area contributed by atoms with E-state index in [1.54, 1.807) is 13.8 Å². The van der Waals surface area contributed by atoms with Crippen molar-refractivity contribution in [1.82, 2.24) is 0 Å². The van der Waals surface area contributed by atoms with E-state index in [1.807, 2.05) is 0 Å². The first-order chi connectivity index (χ1) is 11.0. The molecule has 1 rings (SSSR count). The van der Waals surface area contributed by atoms with Gasteiger partial charge in [-0.3, -0.25) is 9.59 Å². The molecule has 0 atom stereocenters. The molecular weight excluding hydrogens is 292 g/mol. The van der Waals surface area contributed by atoms with Crippen LogP contribution < -0.4 is 0 Å². The fraction of sp³-hybridized carbons (Fsp3) is 0.895. The first-order valence-electron chi connectivity index (χ1n) is 9.30. The molecule has 0 bridgehead atoms. The van der Waals surface area contributed by atoms with Crippen molar-refractivity contribution in [3.05, 3.63) is 0 Å². The van der Waals surface area contributed by atoms with Gasteiger partial charge >= 0.3 is 11.9 Å². The van der Waals surface area contributed by atoms with Crippen LogP contribution in [0.25, 0.3) is 0 Å². The van der Waals surface area contributed by atoms with E-state index in [1.165, 1.54) is 25.7 Å². The largest absolute Gasteiger partial charge is 0.465 e. The number of rotatable bonds is 10. The summed E-state index contributed by atoms with van der Waals surface area (Å²) in [5.41, 5.74) is -1.11. The highest BCUT2D eigenvalue weighted by Crippen LogP contribution is 2.39. The number of carbonyl (C=O) groups is 2. The standard InChI is InChI=1S/C19H34O4/c1-5-22-17(20)19(13-11-15(3)4,18(21)23-6-2)14-12-16-9-7-8-10-16/h15-16H,5-14H2,1-4H3. The van der Waals surface area contributed by atoms with Gasteiger partial charge in [0.05, 0.1) is 13.2 Å². The van der Waals surface area contributed by atoms with Crippen molar-refractivity contribution in [3.63, 3.8) is 0 Å². The van der Waals surface area contributed by atoms with Gasteiger partial charge in [-0.25, -0.2) is 0 Å². The minimum absolute atomic E-state index is 0.297. The minimum atomic E-state index is -1.11. The maximum absolute atomic E-state index is 12.7. The van der Waals surface area contributed by atoms with Crippen LogP contribution in [0.1, 0.15) is 79.1 Å². The second-order valence-corrected chi connectivity index (χ2v) is 7.14. The normalized spacial score (nSPS) is 15.9. The van der Waals surface area contributed by atoms with Crippen LogP contribution in [-0.4, -0.2) is 25.2 Å². The van der Waals surface area contributed by atoms with Crippen molar-refractivity contribution in [3.8, 4) is 0 Å². The van der Waals surface area contributed by atoms with Crippen LogP contribution in [0, 0.1) is 17.3 Å². The Bertz CT molecular complexity index is 352. The molecule has 0 aliphatic heterocycles. The van der Waals surface area contributed by atoms with Crippen molar-refractivity contribution < 1.29 is 19.1 Å². The van der Waals surface area contributed by atoms with Gasteiger partial charge < -0.3 is 9.47 Å². The fourth-order valence-electron chi connectivity index (χ4n) is 3.44. The molecule has 4 heteroatoms. The third kappa shape index (κ3) is 5.82. The van der Waals surface area contributed by atoms with E-state index in [0.29, 0.717) is 37.9 Å². The lowest BCUT2D eigenvalue weighted by molar-refractivity contribution is -0.174. The van der Waals surface area contributed by atoms with Gasteiger partial charge in [0.2, 0.25) is 0 Å². The lowest BCUT2D eigenvalue weighted by Crippen LogP contribution is -2.42. The Morgan fingerprint density at radius 3 is 1.96 bits per heavy atom. The van der Waals surface area contributed by atoms with Gasteiger partial charge in [-0.05, 0) is 51.4 Å². The molecule has 0 N–H and O–H groups in total. The Morgan fingerprint density at radius 1 is 1.00 bits per heavy atom. The Balaban J connectivity index is 2.93. The van der Waals surface area contributed by atoms with Gasteiger partial charge in [-0.15, -0.1) is 0 Å².